The van der Waals surface area contributed by atoms with Crippen LogP contribution in [0.1, 0.15) is 37.9 Å². The molecular formula is C14H22N4OS. The highest BCUT2D eigenvalue weighted by Crippen LogP contribution is 2.30. The van der Waals surface area contributed by atoms with Gasteiger partial charge in [-0.3, -0.25) is 4.79 Å². The fraction of sp³-hybridized carbons (Fsp3) is 0.786. The molecule has 3 rings (SSSR count). The Hall–Kier alpha value is -1.17. The van der Waals surface area contributed by atoms with E-state index < -0.39 is 0 Å². The molecule has 1 aromatic rings. The van der Waals surface area contributed by atoms with Crippen LogP contribution in [0.2, 0.25) is 0 Å². The molecule has 0 N–H and O–H groups in total. The SMILES string of the molecule is Cc1nsc(N2CCC(N(C)C(=O)C3CCC3)CC2)n1. The van der Waals surface area contributed by atoms with E-state index in [2.05, 4.69) is 14.3 Å². The van der Waals surface area contributed by atoms with E-state index >= 15 is 0 Å². The summed E-state index contributed by atoms with van der Waals surface area (Å²) in [7, 11) is 1.98. The van der Waals surface area contributed by atoms with Crippen molar-refractivity contribution >= 4 is 22.6 Å². The molecule has 1 aliphatic carbocycles. The van der Waals surface area contributed by atoms with Gasteiger partial charge in [-0.1, -0.05) is 6.42 Å². The van der Waals surface area contributed by atoms with E-state index in [9.17, 15) is 4.79 Å². The lowest BCUT2D eigenvalue weighted by Gasteiger charge is -2.39. The van der Waals surface area contributed by atoms with Crippen LogP contribution in [0, 0.1) is 12.8 Å². The smallest absolute Gasteiger partial charge is 0.225 e. The number of aromatic nitrogens is 2. The molecule has 20 heavy (non-hydrogen) atoms. The highest BCUT2D eigenvalue weighted by atomic mass is 32.1. The van der Waals surface area contributed by atoms with Gasteiger partial charge in [-0.25, -0.2) is 4.98 Å². The Bertz CT molecular complexity index is 477. The number of hydrogen-bond acceptors (Lipinski definition) is 5. The van der Waals surface area contributed by atoms with Crippen LogP contribution in [0.15, 0.2) is 0 Å². The summed E-state index contributed by atoms with van der Waals surface area (Å²) < 4.78 is 4.24. The van der Waals surface area contributed by atoms with Crippen molar-refractivity contribution in [3.8, 4) is 0 Å². The molecule has 0 atom stereocenters. The number of nitrogens with zero attached hydrogens (tertiary/aromatic N) is 4. The Morgan fingerprint density at radius 1 is 1.30 bits per heavy atom. The van der Waals surface area contributed by atoms with Crippen molar-refractivity contribution in [1.29, 1.82) is 0 Å². The second-order valence-corrected chi connectivity index (χ2v) is 6.65. The van der Waals surface area contributed by atoms with Crippen molar-refractivity contribution in [2.45, 2.75) is 45.1 Å². The lowest BCUT2D eigenvalue weighted by molar-refractivity contribution is -0.139. The zero-order valence-electron chi connectivity index (χ0n) is 12.2. The van der Waals surface area contributed by atoms with Crippen LogP contribution >= 0.6 is 11.5 Å². The van der Waals surface area contributed by atoms with E-state index in [1.165, 1.54) is 18.0 Å². The lowest BCUT2D eigenvalue weighted by atomic mass is 9.84. The van der Waals surface area contributed by atoms with E-state index in [4.69, 9.17) is 0 Å². The van der Waals surface area contributed by atoms with Crippen molar-refractivity contribution in [2.24, 2.45) is 5.92 Å². The first kappa shape index (κ1) is 13.8. The maximum atomic E-state index is 12.3. The number of anilines is 1. The third-order valence-corrected chi connectivity index (χ3v) is 5.47. The third-order valence-electron chi connectivity index (χ3n) is 4.60. The maximum absolute atomic E-state index is 12.3. The van der Waals surface area contributed by atoms with E-state index in [1.54, 1.807) is 0 Å². The minimum Gasteiger partial charge on any atom is -0.347 e. The summed E-state index contributed by atoms with van der Waals surface area (Å²) in [5.74, 6) is 1.52. The molecule has 1 saturated heterocycles. The van der Waals surface area contributed by atoms with Gasteiger partial charge in [-0.15, -0.1) is 0 Å². The first-order valence-electron chi connectivity index (χ1n) is 7.47. The normalized spacial score (nSPS) is 20.8. The number of piperidine rings is 1. The zero-order chi connectivity index (χ0) is 14.1. The van der Waals surface area contributed by atoms with Crippen molar-refractivity contribution < 1.29 is 4.79 Å². The molecule has 110 valence electrons. The van der Waals surface area contributed by atoms with Gasteiger partial charge in [0, 0.05) is 43.6 Å². The molecule has 0 spiro atoms. The van der Waals surface area contributed by atoms with Gasteiger partial charge in [0.25, 0.3) is 0 Å². The molecule has 0 bridgehead atoms. The Balaban J connectivity index is 1.54. The Kier molecular flexibility index (Phi) is 3.92. The minimum absolute atomic E-state index is 0.309. The molecule has 1 aromatic heterocycles. The van der Waals surface area contributed by atoms with Gasteiger partial charge in [0.05, 0.1) is 0 Å². The van der Waals surface area contributed by atoms with Crippen molar-refractivity contribution in [3.63, 3.8) is 0 Å². The molecular weight excluding hydrogens is 272 g/mol. The van der Waals surface area contributed by atoms with E-state index in [0.717, 1.165) is 49.7 Å². The molecule has 2 fully saturated rings. The summed E-state index contributed by atoms with van der Waals surface area (Å²) in [4.78, 5) is 21.0. The summed E-state index contributed by atoms with van der Waals surface area (Å²) in [6.45, 7) is 3.88. The maximum Gasteiger partial charge on any atom is 0.225 e. The van der Waals surface area contributed by atoms with Gasteiger partial charge in [-0.2, -0.15) is 4.37 Å². The molecule has 1 amide bonds. The van der Waals surface area contributed by atoms with Crippen molar-refractivity contribution in [2.75, 3.05) is 25.0 Å². The first-order chi connectivity index (χ1) is 9.65. The topological polar surface area (TPSA) is 49.3 Å². The Labute approximate surface area is 124 Å². The number of aryl methyl sites for hydroxylation is 1. The molecule has 0 radical (unpaired) electrons. The highest BCUT2D eigenvalue weighted by Gasteiger charge is 2.32. The van der Waals surface area contributed by atoms with Gasteiger partial charge in [0.15, 0.2) is 0 Å². The fourth-order valence-electron chi connectivity index (χ4n) is 2.98. The molecule has 0 aromatic carbocycles. The van der Waals surface area contributed by atoms with Crippen LogP contribution < -0.4 is 4.90 Å². The molecule has 5 nitrogen and oxygen atoms in total. The van der Waals surface area contributed by atoms with Gasteiger partial charge < -0.3 is 9.80 Å². The minimum atomic E-state index is 0.309. The average Bonchev–Trinajstić information content (AvgIpc) is 2.83. The van der Waals surface area contributed by atoms with E-state index in [-0.39, 0.29) is 0 Å². The van der Waals surface area contributed by atoms with E-state index in [1.807, 2.05) is 18.9 Å². The third kappa shape index (κ3) is 2.66. The van der Waals surface area contributed by atoms with Crippen molar-refractivity contribution in [3.05, 3.63) is 5.82 Å². The fourth-order valence-corrected chi connectivity index (χ4v) is 3.71. The zero-order valence-corrected chi connectivity index (χ0v) is 13.0. The van der Waals surface area contributed by atoms with Gasteiger partial charge in [-0.05, 0) is 32.6 Å². The molecule has 0 unspecified atom stereocenters. The van der Waals surface area contributed by atoms with E-state index in [0.29, 0.717) is 17.9 Å². The summed E-state index contributed by atoms with van der Waals surface area (Å²) in [5.41, 5.74) is 0. The molecule has 1 saturated carbocycles. The summed E-state index contributed by atoms with van der Waals surface area (Å²) in [6.07, 6.45) is 5.47. The van der Waals surface area contributed by atoms with Gasteiger partial charge in [0.2, 0.25) is 11.0 Å². The Morgan fingerprint density at radius 3 is 2.50 bits per heavy atom. The molecule has 1 aliphatic heterocycles. The molecule has 6 heteroatoms. The van der Waals surface area contributed by atoms with Crippen LogP contribution in [0.3, 0.4) is 0 Å². The Morgan fingerprint density at radius 2 is 2.00 bits per heavy atom. The van der Waals surface area contributed by atoms with Gasteiger partial charge in [0.1, 0.15) is 5.82 Å². The molecule has 2 aliphatic rings. The summed E-state index contributed by atoms with van der Waals surface area (Å²) in [5, 5.41) is 1.02. The summed E-state index contributed by atoms with van der Waals surface area (Å²) >= 11 is 1.47. The highest BCUT2D eigenvalue weighted by molar-refractivity contribution is 7.09. The quantitative estimate of drug-likeness (QED) is 0.856. The van der Waals surface area contributed by atoms with Crippen LogP contribution in [-0.4, -0.2) is 46.3 Å². The van der Waals surface area contributed by atoms with Crippen LogP contribution in [0.5, 0.6) is 0 Å². The lowest BCUT2D eigenvalue weighted by Crippen LogP contribution is -2.48. The number of amides is 1. The number of hydrogen-bond donors (Lipinski definition) is 0. The number of carbonyl (C=O) groups excluding carboxylic acids is 1. The number of rotatable bonds is 3. The summed E-state index contributed by atoms with van der Waals surface area (Å²) in [6, 6.07) is 0.397. The molecule has 2 heterocycles. The van der Waals surface area contributed by atoms with Crippen LogP contribution in [-0.2, 0) is 4.79 Å². The second-order valence-electron chi connectivity index (χ2n) is 5.92. The monoisotopic (exact) mass is 294 g/mol. The average molecular weight is 294 g/mol. The standard InChI is InChI=1S/C14H22N4OS/c1-10-15-14(20-16-10)18-8-6-12(7-9-18)17(2)13(19)11-4-3-5-11/h11-12H,3-9H2,1-2H3. The largest absolute Gasteiger partial charge is 0.347 e. The van der Waals surface area contributed by atoms with Crippen molar-refractivity contribution in [1.82, 2.24) is 14.3 Å². The second kappa shape index (κ2) is 5.68. The number of carbonyl (C=O) groups is 1. The van der Waals surface area contributed by atoms with Crippen LogP contribution in [0.25, 0.3) is 0 Å². The van der Waals surface area contributed by atoms with Crippen LogP contribution in [0.4, 0.5) is 5.13 Å². The predicted octanol–water partition coefficient (Wildman–Crippen LogP) is 2.07. The predicted molar refractivity (Wildman–Crippen MR) is 80.0 cm³/mol. The van der Waals surface area contributed by atoms with Gasteiger partial charge >= 0.3 is 0 Å². The first-order valence-corrected chi connectivity index (χ1v) is 8.24.